The molecule has 0 aliphatic rings. The van der Waals surface area contributed by atoms with Crippen LogP contribution in [0.3, 0.4) is 0 Å². The molecule has 0 aliphatic heterocycles. The zero-order chi connectivity index (χ0) is 12.4. The number of carbonyl (C=O) groups excluding carboxylic acids is 1. The van der Waals surface area contributed by atoms with Crippen LogP contribution in [0.25, 0.3) is 10.9 Å². The quantitative estimate of drug-likeness (QED) is 0.877. The normalized spacial score (nSPS) is 10.5. The van der Waals surface area contributed by atoms with Gasteiger partial charge in [0.2, 0.25) is 0 Å². The fraction of sp³-hybridized carbons (Fsp3) is 0.231. The fourth-order valence-corrected chi connectivity index (χ4v) is 1.79. The summed E-state index contributed by atoms with van der Waals surface area (Å²) < 4.78 is 5.49. The van der Waals surface area contributed by atoms with E-state index in [0.717, 1.165) is 10.9 Å². The van der Waals surface area contributed by atoms with Crippen LogP contribution >= 0.6 is 0 Å². The number of hydrogen-bond donors (Lipinski definition) is 1. The van der Waals surface area contributed by atoms with Gasteiger partial charge in [-0.15, -0.1) is 0 Å². The number of aromatic nitrogens is 1. The van der Waals surface area contributed by atoms with Gasteiger partial charge in [0.1, 0.15) is 17.0 Å². The highest BCUT2D eigenvalue weighted by molar-refractivity contribution is 5.96. The standard InChI is InChI=1S/C13H14N2O2/c1-3-17-11-6-4-5-9-8(2)7-10(13(14)16)15-12(9)11/h4-7H,3H2,1-2H3,(H2,14,16). The molecule has 0 aliphatic carbocycles. The summed E-state index contributed by atoms with van der Waals surface area (Å²) in [6, 6.07) is 7.39. The lowest BCUT2D eigenvalue weighted by Crippen LogP contribution is -2.13. The zero-order valence-electron chi connectivity index (χ0n) is 9.86. The molecule has 88 valence electrons. The maximum Gasteiger partial charge on any atom is 0.267 e. The predicted octanol–water partition coefficient (Wildman–Crippen LogP) is 2.04. The first-order valence-corrected chi connectivity index (χ1v) is 5.46. The van der Waals surface area contributed by atoms with Crippen LogP contribution in [0.5, 0.6) is 5.75 Å². The van der Waals surface area contributed by atoms with Crippen LogP contribution in [-0.2, 0) is 0 Å². The van der Waals surface area contributed by atoms with Gasteiger partial charge < -0.3 is 10.5 Å². The zero-order valence-corrected chi connectivity index (χ0v) is 9.86. The molecule has 2 aromatic rings. The Hall–Kier alpha value is -2.10. The van der Waals surface area contributed by atoms with Crippen LogP contribution < -0.4 is 10.5 Å². The maximum atomic E-state index is 11.2. The average molecular weight is 230 g/mol. The van der Waals surface area contributed by atoms with Gasteiger partial charge in [0, 0.05) is 5.39 Å². The first-order valence-electron chi connectivity index (χ1n) is 5.46. The topological polar surface area (TPSA) is 65.2 Å². The number of primary amides is 1. The molecule has 0 spiro atoms. The average Bonchev–Trinajstić information content (AvgIpc) is 2.30. The lowest BCUT2D eigenvalue weighted by Gasteiger charge is -2.09. The van der Waals surface area contributed by atoms with E-state index in [1.54, 1.807) is 6.07 Å². The number of nitrogens with two attached hydrogens (primary N) is 1. The van der Waals surface area contributed by atoms with Crippen molar-refractivity contribution in [2.24, 2.45) is 5.73 Å². The summed E-state index contributed by atoms with van der Waals surface area (Å²) >= 11 is 0. The third-order valence-electron chi connectivity index (χ3n) is 2.56. The van der Waals surface area contributed by atoms with Crippen molar-refractivity contribution in [1.29, 1.82) is 0 Å². The number of aryl methyl sites for hydroxylation is 1. The predicted molar refractivity (Wildman–Crippen MR) is 66.2 cm³/mol. The van der Waals surface area contributed by atoms with Gasteiger partial charge in [0.05, 0.1) is 6.61 Å². The Morgan fingerprint density at radius 1 is 1.47 bits per heavy atom. The Morgan fingerprint density at radius 2 is 2.24 bits per heavy atom. The lowest BCUT2D eigenvalue weighted by atomic mass is 10.1. The van der Waals surface area contributed by atoms with Crippen molar-refractivity contribution in [3.63, 3.8) is 0 Å². The van der Waals surface area contributed by atoms with Crippen molar-refractivity contribution in [3.05, 3.63) is 35.5 Å². The Bertz CT molecular complexity index is 579. The molecule has 1 aromatic carbocycles. The number of amides is 1. The second-order valence-corrected chi connectivity index (χ2v) is 3.77. The van der Waals surface area contributed by atoms with Gasteiger partial charge in [0.25, 0.3) is 5.91 Å². The maximum absolute atomic E-state index is 11.2. The largest absolute Gasteiger partial charge is 0.492 e. The van der Waals surface area contributed by atoms with E-state index in [9.17, 15) is 4.79 Å². The van der Waals surface area contributed by atoms with Crippen molar-refractivity contribution < 1.29 is 9.53 Å². The van der Waals surface area contributed by atoms with Crippen molar-refractivity contribution >= 4 is 16.8 Å². The van der Waals surface area contributed by atoms with E-state index < -0.39 is 5.91 Å². The SMILES string of the molecule is CCOc1cccc2c(C)cc(C(N)=O)nc12. The summed E-state index contributed by atoms with van der Waals surface area (Å²) in [6.45, 7) is 4.39. The van der Waals surface area contributed by atoms with Crippen LogP contribution in [0.4, 0.5) is 0 Å². The Labute approximate surface area is 99.4 Å². The fourth-order valence-electron chi connectivity index (χ4n) is 1.79. The van der Waals surface area contributed by atoms with Crippen LogP contribution in [0.2, 0.25) is 0 Å². The number of benzene rings is 1. The minimum Gasteiger partial charge on any atom is -0.492 e. The van der Waals surface area contributed by atoms with Crippen LogP contribution in [0.15, 0.2) is 24.3 Å². The minimum atomic E-state index is -0.527. The van der Waals surface area contributed by atoms with Crippen molar-refractivity contribution in [2.75, 3.05) is 6.61 Å². The Balaban J connectivity index is 2.73. The number of fused-ring (bicyclic) bond motifs is 1. The van der Waals surface area contributed by atoms with Crippen molar-refractivity contribution in [3.8, 4) is 5.75 Å². The third kappa shape index (κ3) is 2.06. The summed E-state index contributed by atoms with van der Waals surface area (Å²) in [7, 11) is 0. The number of pyridine rings is 1. The Kier molecular flexibility index (Phi) is 2.95. The molecule has 0 radical (unpaired) electrons. The highest BCUT2D eigenvalue weighted by Gasteiger charge is 2.10. The highest BCUT2D eigenvalue weighted by atomic mass is 16.5. The summed E-state index contributed by atoms with van der Waals surface area (Å²) in [6.07, 6.45) is 0. The van der Waals surface area contributed by atoms with E-state index in [4.69, 9.17) is 10.5 Å². The molecule has 2 N–H and O–H groups in total. The monoisotopic (exact) mass is 230 g/mol. The first-order chi connectivity index (χ1) is 8.13. The molecule has 4 nitrogen and oxygen atoms in total. The van der Waals surface area contributed by atoms with Gasteiger partial charge in [-0.05, 0) is 31.5 Å². The number of carbonyl (C=O) groups is 1. The van der Waals surface area contributed by atoms with Crippen molar-refractivity contribution in [1.82, 2.24) is 4.98 Å². The molecule has 0 unspecified atom stereocenters. The van der Waals surface area contributed by atoms with Crippen molar-refractivity contribution in [2.45, 2.75) is 13.8 Å². The number of ether oxygens (including phenoxy) is 1. The van der Waals surface area contributed by atoms with E-state index in [1.165, 1.54) is 0 Å². The van der Waals surface area contributed by atoms with Crippen LogP contribution in [0.1, 0.15) is 23.0 Å². The molecule has 2 rings (SSSR count). The molecule has 1 aromatic heterocycles. The molecule has 0 fully saturated rings. The molecule has 0 saturated carbocycles. The van der Waals surface area contributed by atoms with E-state index >= 15 is 0 Å². The third-order valence-corrected chi connectivity index (χ3v) is 2.56. The summed E-state index contributed by atoms with van der Waals surface area (Å²) in [5.41, 5.74) is 7.17. The molecule has 1 heterocycles. The van der Waals surface area contributed by atoms with E-state index in [0.29, 0.717) is 17.9 Å². The lowest BCUT2D eigenvalue weighted by molar-refractivity contribution is 0.0996. The smallest absolute Gasteiger partial charge is 0.267 e. The minimum absolute atomic E-state index is 0.266. The molecular formula is C13H14N2O2. The number of rotatable bonds is 3. The van der Waals surface area contributed by atoms with Gasteiger partial charge in [-0.3, -0.25) is 4.79 Å². The molecule has 0 saturated heterocycles. The highest BCUT2D eigenvalue weighted by Crippen LogP contribution is 2.26. The van der Waals surface area contributed by atoms with Gasteiger partial charge in [0.15, 0.2) is 0 Å². The molecule has 4 heteroatoms. The van der Waals surface area contributed by atoms with Gasteiger partial charge in [-0.2, -0.15) is 0 Å². The Morgan fingerprint density at radius 3 is 2.88 bits per heavy atom. The van der Waals surface area contributed by atoms with E-state index in [2.05, 4.69) is 4.98 Å². The van der Waals surface area contributed by atoms with Gasteiger partial charge >= 0.3 is 0 Å². The summed E-state index contributed by atoms with van der Waals surface area (Å²) in [5, 5.41) is 0.973. The summed E-state index contributed by atoms with van der Waals surface area (Å²) in [4.78, 5) is 15.4. The van der Waals surface area contributed by atoms with E-state index in [-0.39, 0.29) is 5.69 Å². The first kappa shape index (κ1) is 11.4. The van der Waals surface area contributed by atoms with Gasteiger partial charge in [-0.25, -0.2) is 4.98 Å². The molecular weight excluding hydrogens is 216 g/mol. The van der Waals surface area contributed by atoms with Gasteiger partial charge in [-0.1, -0.05) is 12.1 Å². The second kappa shape index (κ2) is 4.41. The number of nitrogens with zero attached hydrogens (tertiary/aromatic N) is 1. The second-order valence-electron chi connectivity index (χ2n) is 3.77. The molecule has 17 heavy (non-hydrogen) atoms. The van der Waals surface area contributed by atoms with E-state index in [1.807, 2.05) is 32.0 Å². The number of hydrogen-bond acceptors (Lipinski definition) is 3. The van der Waals surface area contributed by atoms with Crippen LogP contribution in [0, 0.1) is 6.92 Å². The summed E-state index contributed by atoms with van der Waals surface area (Å²) in [5.74, 6) is 0.150. The molecule has 0 atom stereocenters. The molecule has 0 bridgehead atoms. The number of para-hydroxylation sites is 1. The molecule has 1 amide bonds. The van der Waals surface area contributed by atoms with Crippen LogP contribution in [-0.4, -0.2) is 17.5 Å².